The molecule has 0 radical (unpaired) electrons. The number of piperidine rings is 2. The van der Waals surface area contributed by atoms with Crippen LogP contribution in [0.2, 0.25) is 0 Å². The summed E-state index contributed by atoms with van der Waals surface area (Å²) in [5.74, 6) is 3.65. The van der Waals surface area contributed by atoms with Crippen LogP contribution in [-0.2, 0) is 6.42 Å². The van der Waals surface area contributed by atoms with E-state index in [1.807, 2.05) is 6.20 Å². The van der Waals surface area contributed by atoms with Crippen molar-refractivity contribution in [3.63, 3.8) is 0 Å². The zero-order valence-electron chi connectivity index (χ0n) is 24.8. The number of rotatable bonds is 5. The Bertz CT molecular complexity index is 1780. The molecule has 218 valence electrons. The lowest BCUT2D eigenvalue weighted by Gasteiger charge is -2.31. The molecule has 2 aromatic heterocycles. The molecule has 0 amide bonds. The van der Waals surface area contributed by atoms with Gasteiger partial charge in [-0.25, -0.2) is 9.97 Å². The van der Waals surface area contributed by atoms with E-state index in [1.54, 1.807) is 11.1 Å². The molecule has 4 heterocycles. The molecule has 1 saturated carbocycles. The van der Waals surface area contributed by atoms with Crippen LogP contribution in [0.15, 0.2) is 60.8 Å². The van der Waals surface area contributed by atoms with Gasteiger partial charge in [0.05, 0.1) is 35.0 Å². The molecule has 43 heavy (non-hydrogen) atoms. The van der Waals surface area contributed by atoms with Crippen molar-refractivity contribution < 1.29 is 0 Å². The molecule has 6 nitrogen and oxygen atoms in total. The summed E-state index contributed by atoms with van der Waals surface area (Å²) in [6, 6.07) is 21.4. The third-order valence-corrected chi connectivity index (χ3v) is 10.8. The summed E-state index contributed by atoms with van der Waals surface area (Å²) in [4.78, 5) is 16.9. The number of H-pyrrole nitrogens is 2. The Morgan fingerprint density at radius 3 is 2.14 bits per heavy atom. The topological polar surface area (TPSA) is 81.4 Å². The standard InChI is InChI=1S/C37H40N6/c1-3-17-38-31(5-1)36-40-21-34(43-36)23-9-7-22(8-10-23)27-15-14-26(29-19-24-11-13-28(24)35(27)29)25-12-16-30-33(20-25)42-37(41-30)32-6-2-4-18-39-32/h7-10,12,14-16,20-21,24,28,31-32,38-39H,1-6,11,13,17-19H2,(H,40,43)(H,41,42)/t24?,28?,31-,32-/m0/s1. The Labute approximate surface area is 253 Å². The Morgan fingerprint density at radius 2 is 1.40 bits per heavy atom. The fourth-order valence-electron chi connectivity index (χ4n) is 8.31. The second-order valence-electron chi connectivity index (χ2n) is 13.3. The van der Waals surface area contributed by atoms with Crippen molar-refractivity contribution in [1.82, 2.24) is 30.6 Å². The maximum Gasteiger partial charge on any atom is 0.124 e. The van der Waals surface area contributed by atoms with Crippen molar-refractivity contribution >= 4 is 11.0 Å². The van der Waals surface area contributed by atoms with E-state index in [-0.39, 0.29) is 0 Å². The molecule has 6 heteroatoms. The number of aromatic nitrogens is 4. The Morgan fingerprint density at radius 1 is 0.651 bits per heavy atom. The van der Waals surface area contributed by atoms with Crippen LogP contribution in [0.4, 0.5) is 0 Å². The van der Waals surface area contributed by atoms with Gasteiger partial charge in [0.25, 0.3) is 0 Å². The van der Waals surface area contributed by atoms with Crippen molar-refractivity contribution in [1.29, 1.82) is 0 Å². The minimum absolute atomic E-state index is 0.347. The van der Waals surface area contributed by atoms with Gasteiger partial charge in [-0.2, -0.15) is 0 Å². The van der Waals surface area contributed by atoms with E-state index in [2.05, 4.69) is 75.2 Å². The van der Waals surface area contributed by atoms with Crippen LogP contribution in [0.1, 0.15) is 92.1 Å². The summed E-state index contributed by atoms with van der Waals surface area (Å²) in [6.45, 7) is 2.16. The van der Waals surface area contributed by atoms with Gasteiger partial charge in [0, 0.05) is 0 Å². The number of fused-ring (bicyclic) bond motifs is 4. The lowest BCUT2D eigenvalue weighted by molar-refractivity contribution is 0.281. The largest absolute Gasteiger partial charge is 0.341 e. The summed E-state index contributed by atoms with van der Waals surface area (Å²) in [7, 11) is 0. The zero-order chi connectivity index (χ0) is 28.3. The van der Waals surface area contributed by atoms with Crippen LogP contribution in [-0.4, -0.2) is 33.0 Å². The molecular formula is C37H40N6. The molecule has 0 spiro atoms. The van der Waals surface area contributed by atoms with Crippen molar-refractivity contribution in [2.75, 3.05) is 13.1 Å². The quantitative estimate of drug-likeness (QED) is 0.173. The molecule has 9 rings (SSSR count). The van der Waals surface area contributed by atoms with E-state index in [0.717, 1.165) is 60.2 Å². The number of nitrogens with one attached hydrogen (secondary N) is 4. The average Bonchev–Trinajstić information content (AvgIpc) is 3.78. The van der Waals surface area contributed by atoms with Gasteiger partial charge in [-0.15, -0.1) is 0 Å². The number of nitrogens with zero attached hydrogens (tertiary/aromatic N) is 2. The highest BCUT2D eigenvalue weighted by atomic mass is 15.0. The number of hydrogen-bond donors (Lipinski definition) is 4. The zero-order valence-corrected chi connectivity index (χ0v) is 24.8. The highest BCUT2D eigenvalue weighted by Gasteiger charge is 2.41. The van der Waals surface area contributed by atoms with Gasteiger partial charge >= 0.3 is 0 Å². The second-order valence-corrected chi connectivity index (χ2v) is 13.3. The van der Waals surface area contributed by atoms with Crippen LogP contribution in [0.5, 0.6) is 0 Å². The van der Waals surface area contributed by atoms with Crippen molar-refractivity contribution in [2.24, 2.45) is 5.92 Å². The van der Waals surface area contributed by atoms with Crippen molar-refractivity contribution in [3.8, 4) is 33.5 Å². The smallest absolute Gasteiger partial charge is 0.124 e. The van der Waals surface area contributed by atoms with E-state index < -0.39 is 0 Å². The molecule has 4 N–H and O–H groups in total. The van der Waals surface area contributed by atoms with Gasteiger partial charge in [-0.1, -0.05) is 55.3 Å². The average molecular weight is 569 g/mol. The molecule has 4 aliphatic rings. The highest BCUT2D eigenvalue weighted by Crippen LogP contribution is 2.56. The van der Waals surface area contributed by atoms with Gasteiger partial charge in [0.2, 0.25) is 0 Å². The molecule has 3 fully saturated rings. The molecule has 2 aliphatic carbocycles. The van der Waals surface area contributed by atoms with E-state index >= 15 is 0 Å². The highest BCUT2D eigenvalue weighted by molar-refractivity contribution is 5.86. The van der Waals surface area contributed by atoms with Crippen LogP contribution in [0, 0.1) is 5.92 Å². The minimum Gasteiger partial charge on any atom is -0.341 e. The lowest BCUT2D eigenvalue weighted by atomic mass is 9.73. The van der Waals surface area contributed by atoms with Gasteiger partial charge in [0.15, 0.2) is 0 Å². The number of aromatic amines is 2. The number of imidazole rings is 2. The summed E-state index contributed by atoms with van der Waals surface area (Å²) >= 11 is 0. The summed E-state index contributed by atoms with van der Waals surface area (Å²) < 4.78 is 0. The van der Waals surface area contributed by atoms with Crippen LogP contribution in [0.25, 0.3) is 44.5 Å². The molecule has 2 unspecified atom stereocenters. The maximum atomic E-state index is 4.96. The first kappa shape index (κ1) is 25.7. The fourth-order valence-corrected chi connectivity index (χ4v) is 8.31. The van der Waals surface area contributed by atoms with E-state index in [4.69, 9.17) is 9.97 Å². The van der Waals surface area contributed by atoms with Crippen LogP contribution < -0.4 is 10.6 Å². The molecule has 0 bridgehead atoms. The normalized spacial score (nSPS) is 24.9. The van der Waals surface area contributed by atoms with E-state index in [9.17, 15) is 0 Å². The number of hydrogen-bond acceptors (Lipinski definition) is 4. The first-order valence-corrected chi connectivity index (χ1v) is 16.6. The molecular weight excluding hydrogens is 528 g/mol. The van der Waals surface area contributed by atoms with Gasteiger partial charge in [0.1, 0.15) is 11.6 Å². The first-order valence-electron chi connectivity index (χ1n) is 16.6. The minimum atomic E-state index is 0.347. The fraction of sp³-hybridized carbons (Fsp3) is 0.405. The molecule has 2 aliphatic heterocycles. The third-order valence-electron chi connectivity index (χ3n) is 10.8. The van der Waals surface area contributed by atoms with Gasteiger partial charge in [-0.05, 0) is 121 Å². The molecule has 4 atom stereocenters. The first-order chi connectivity index (χ1) is 21.3. The van der Waals surface area contributed by atoms with Crippen molar-refractivity contribution in [3.05, 3.63) is 83.6 Å². The molecule has 5 aromatic rings. The lowest BCUT2D eigenvalue weighted by Crippen LogP contribution is -2.27. The molecule has 2 saturated heterocycles. The summed E-state index contributed by atoms with van der Waals surface area (Å²) in [5.41, 5.74) is 13.1. The predicted molar refractivity (Wildman–Crippen MR) is 173 cm³/mol. The SMILES string of the molecule is c1cc(-c2ccc(-c3ccc4nc([C@@H]5CCCCN5)[nH]c4c3)c3c2C2CCC2C3)ccc1-c1cnc([C@@H]2CCCCN2)[nH]1. The second kappa shape index (κ2) is 10.5. The molecule has 3 aromatic carbocycles. The van der Waals surface area contributed by atoms with Gasteiger partial charge < -0.3 is 20.6 Å². The summed E-state index contributed by atoms with van der Waals surface area (Å²) in [5, 5.41) is 7.25. The number of benzene rings is 3. The van der Waals surface area contributed by atoms with E-state index in [1.165, 1.54) is 72.8 Å². The van der Waals surface area contributed by atoms with Gasteiger partial charge in [-0.3, -0.25) is 0 Å². The Kier molecular flexibility index (Phi) is 6.26. The third kappa shape index (κ3) is 4.46. The monoisotopic (exact) mass is 568 g/mol. The van der Waals surface area contributed by atoms with Crippen LogP contribution in [0.3, 0.4) is 0 Å². The summed E-state index contributed by atoms with van der Waals surface area (Å²) in [6.07, 6.45) is 13.2. The van der Waals surface area contributed by atoms with Crippen LogP contribution >= 0.6 is 0 Å². The van der Waals surface area contributed by atoms with E-state index in [0.29, 0.717) is 18.0 Å². The maximum absolute atomic E-state index is 4.96. The Balaban J connectivity index is 1.03. The predicted octanol–water partition coefficient (Wildman–Crippen LogP) is 7.97. The Hall–Kier alpha value is -3.74. The van der Waals surface area contributed by atoms with Crippen molar-refractivity contribution in [2.45, 2.75) is 75.8 Å².